The Morgan fingerprint density at radius 1 is 0.844 bits per heavy atom. The normalized spacial score (nSPS) is 19.7. The second-order valence-electron chi connectivity index (χ2n) is 22.5. The number of hydrogen-bond acceptors (Lipinski definition) is 13. The molecule has 3 amide bonds. The molecular weight excluding hydrogens is 987 g/mol. The number of nitrogens with zero attached hydrogens (tertiary/aromatic N) is 7. The van der Waals surface area contributed by atoms with Crippen molar-refractivity contribution in [2.45, 2.75) is 123 Å². The summed E-state index contributed by atoms with van der Waals surface area (Å²) >= 11 is 1.45. The molecule has 15 nitrogen and oxygen atoms in total. The van der Waals surface area contributed by atoms with Crippen LogP contribution >= 0.6 is 11.3 Å². The van der Waals surface area contributed by atoms with Gasteiger partial charge in [-0.25, -0.2) is 14.8 Å². The average Bonchev–Trinajstić information content (AvgIpc) is 4.11. The Morgan fingerprint density at radius 3 is 2.42 bits per heavy atom. The van der Waals surface area contributed by atoms with Crippen LogP contribution in [0.3, 0.4) is 0 Å². The molecule has 4 aromatic carbocycles. The van der Waals surface area contributed by atoms with Crippen molar-refractivity contribution in [3.63, 3.8) is 0 Å². The molecule has 0 radical (unpaired) electrons. The van der Waals surface area contributed by atoms with Crippen LogP contribution in [0.1, 0.15) is 128 Å². The lowest BCUT2D eigenvalue weighted by Gasteiger charge is -2.39. The third-order valence-corrected chi connectivity index (χ3v) is 17.2. The number of thiazole rings is 1. The number of piperidine rings is 1. The predicted octanol–water partition coefficient (Wildman–Crippen LogP) is 10.8. The van der Waals surface area contributed by atoms with Crippen LogP contribution in [0.15, 0.2) is 91.0 Å². The summed E-state index contributed by atoms with van der Waals surface area (Å²) < 4.78 is 15.7. The maximum atomic E-state index is 14.1. The Bertz CT molecular complexity index is 3350. The van der Waals surface area contributed by atoms with Crippen LogP contribution in [0.4, 0.5) is 16.6 Å². The molecular formula is C61H69N9O6S. The van der Waals surface area contributed by atoms with E-state index >= 15 is 0 Å². The summed E-state index contributed by atoms with van der Waals surface area (Å²) in [6.07, 6.45) is 8.30. The standard InChI is InChI=1S/C61H69N9O6S/c1-37(68-31-33-69(34-32-68)41-21-24-46-50(35-41)67(6)66-55(46)47-26-28-54(71)64-58(47)73)17-18-39-19-22-42(23-20-39)75-51-15-10-12-43(38(51)2)44-25-27-53(63-56(44)59(74)76-61(3,4)5)70-30-29-40-11-9-13-45(48(40)36-70)57(72)65-60-62-49-14-7-8-16-52(49)77-60/h7-16,21,24-25,27,35,37,39,42,47H,17-20,22-23,26,28-34,36H2,1-6H3,(H,62,65,72)(H,64,71,73). The monoisotopic (exact) mass is 1060 g/mol. The molecule has 3 aliphatic heterocycles. The number of piperazine rings is 1. The highest BCUT2D eigenvalue weighted by atomic mass is 32.1. The number of fused-ring (bicyclic) bond motifs is 3. The predicted molar refractivity (Wildman–Crippen MR) is 303 cm³/mol. The Morgan fingerprint density at radius 2 is 1.64 bits per heavy atom. The van der Waals surface area contributed by atoms with Gasteiger partial charge in [-0.2, -0.15) is 5.10 Å². The smallest absolute Gasteiger partial charge is 0.358 e. The molecule has 6 heterocycles. The molecule has 0 bridgehead atoms. The van der Waals surface area contributed by atoms with Gasteiger partial charge in [-0.1, -0.05) is 47.7 Å². The molecule has 2 unspecified atom stereocenters. The fraction of sp³-hybridized carbons (Fsp3) is 0.426. The van der Waals surface area contributed by atoms with Crippen LogP contribution in [-0.2, 0) is 34.3 Å². The summed E-state index contributed by atoms with van der Waals surface area (Å²) in [5, 5.41) is 11.8. The molecule has 11 rings (SSSR count). The van der Waals surface area contributed by atoms with Crippen LogP contribution in [0.2, 0.25) is 0 Å². The minimum Gasteiger partial charge on any atom is -0.490 e. The fourth-order valence-electron chi connectivity index (χ4n) is 11.9. The van der Waals surface area contributed by atoms with Crippen molar-refractivity contribution in [3.05, 3.63) is 125 Å². The molecule has 7 aromatic rings. The van der Waals surface area contributed by atoms with Crippen molar-refractivity contribution in [3.8, 4) is 16.9 Å². The first-order chi connectivity index (χ1) is 37.1. The first kappa shape index (κ1) is 51.9. The van der Waals surface area contributed by atoms with Gasteiger partial charge in [0, 0.05) is 81.0 Å². The zero-order valence-electron chi connectivity index (χ0n) is 45.1. The minimum atomic E-state index is -0.734. The molecule has 400 valence electrons. The first-order valence-corrected chi connectivity index (χ1v) is 28.3. The number of carbonyl (C=O) groups excluding carboxylic acids is 4. The number of hydrogen-bond donors (Lipinski definition) is 2. The van der Waals surface area contributed by atoms with Gasteiger partial charge in [0.05, 0.1) is 33.4 Å². The molecule has 2 saturated heterocycles. The molecule has 3 fully saturated rings. The molecule has 3 aromatic heterocycles. The summed E-state index contributed by atoms with van der Waals surface area (Å²) in [5.74, 6) is 0.546. The number of pyridine rings is 1. The highest BCUT2D eigenvalue weighted by Crippen LogP contribution is 2.39. The Labute approximate surface area is 454 Å². The van der Waals surface area contributed by atoms with E-state index in [0.29, 0.717) is 66.4 Å². The molecule has 4 aliphatic rings. The molecule has 0 spiro atoms. The lowest BCUT2D eigenvalue weighted by atomic mass is 9.83. The second kappa shape index (κ2) is 21.7. The van der Waals surface area contributed by atoms with Crippen molar-refractivity contribution in [2.24, 2.45) is 13.0 Å². The van der Waals surface area contributed by atoms with E-state index in [2.05, 4.69) is 68.4 Å². The highest BCUT2D eigenvalue weighted by Gasteiger charge is 2.33. The van der Waals surface area contributed by atoms with Crippen molar-refractivity contribution >= 4 is 72.8 Å². The number of amides is 3. The van der Waals surface area contributed by atoms with E-state index in [1.807, 2.05) is 99.2 Å². The SMILES string of the molecule is Cc1c(OC2CCC(CCC(C)N3CCN(c4ccc5c(C6CCC(=O)NC6=O)nn(C)c5c4)CC3)CC2)cccc1-c1ccc(N2CCc3cccc(C(=O)Nc4nc5ccccc5s4)c3C2)nc1C(=O)OC(C)(C)C. The van der Waals surface area contributed by atoms with E-state index < -0.39 is 17.5 Å². The van der Waals surface area contributed by atoms with Crippen molar-refractivity contribution in [1.29, 1.82) is 0 Å². The lowest BCUT2D eigenvalue weighted by molar-refractivity contribution is -0.134. The number of benzene rings is 4. The van der Waals surface area contributed by atoms with Gasteiger partial charge in [-0.15, -0.1) is 0 Å². The number of aryl methyl sites for hydroxylation is 1. The third-order valence-electron chi connectivity index (χ3n) is 16.2. The first-order valence-electron chi connectivity index (χ1n) is 27.5. The van der Waals surface area contributed by atoms with Crippen molar-refractivity contribution < 1.29 is 28.7 Å². The Kier molecular flexibility index (Phi) is 14.6. The average molecular weight is 1060 g/mol. The zero-order chi connectivity index (χ0) is 53.5. The van der Waals surface area contributed by atoms with Gasteiger partial charge in [-0.05, 0) is 169 Å². The van der Waals surface area contributed by atoms with E-state index in [-0.39, 0.29) is 29.5 Å². The quantitative estimate of drug-likeness (QED) is 0.0831. The van der Waals surface area contributed by atoms with Crippen LogP contribution in [0.25, 0.3) is 32.2 Å². The number of para-hydroxylation sites is 1. The van der Waals surface area contributed by atoms with Gasteiger partial charge in [0.1, 0.15) is 17.2 Å². The molecule has 1 saturated carbocycles. The van der Waals surface area contributed by atoms with Gasteiger partial charge < -0.3 is 19.3 Å². The number of ether oxygens (including phenoxy) is 2. The fourth-order valence-corrected chi connectivity index (χ4v) is 12.8. The minimum absolute atomic E-state index is 0.112. The number of carbonyl (C=O) groups is 4. The van der Waals surface area contributed by atoms with Gasteiger partial charge in [-0.3, -0.25) is 34.6 Å². The summed E-state index contributed by atoms with van der Waals surface area (Å²) in [7, 11) is 1.92. The van der Waals surface area contributed by atoms with Crippen molar-refractivity contribution in [1.82, 2.24) is 30.0 Å². The van der Waals surface area contributed by atoms with E-state index in [0.717, 1.165) is 107 Å². The summed E-state index contributed by atoms with van der Waals surface area (Å²) in [6.45, 7) is 15.1. The summed E-state index contributed by atoms with van der Waals surface area (Å²) in [6, 6.07) is 30.7. The van der Waals surface area contributed by atoms with Crippen LogP contribution in [0, 0.1) is 12.8 Å². The number of imide groups is 1. The van der Waals surface area contributed by atoms with Gasteiger partial charge in [0.15, 0.2) is 10.8 Å². The van der Waals surface area contributed by atoms with E-state index in [4.69, 9.17) is 19.6 Å². The number of nitrogens with one attached hydrogen (secondary N) is 2. The van der Waals surface area contributed by atoms with Gasteiger partial charge in [0.25, 0.3) is 5.91 Å². The molecule has 2 atom stereocenters. The topological polar surface area (TPSA) is 164 Å². The number of aromatic nitrogens is 4. The van der Waals surface area contributed by atoms with E-state index in [9.17, 15) is 19.2 Å². The van der Waals surface area contributed by atoms with E-state index in [1.54, 1.807) is 0 Å². The molecule has 77 heavy (non-hydrogen) atoms. The maximum Gasteiger partial charge on any atom is 0.358 e. The highest BCUT2D eigenvalue weighted by molar-refractivity contribution is 7.22. The third kappa shape index (κ3) is 11.2. The van der Waals surface area contributed by atoms with Gasteiger partial charge >= 0.3 is 5.97 Å². The van der Waals surface area contributed by atoms with Crippen LogP contribution in [0.5, 0.6) is 5.75 Å². The van der Waals surface area contributed by atoms with Crippen LogP contribution < -0.4 is 25.2 Å². The zero-order valence-corrected chi connectivity index (χ0v) is 45.9. The second-order valence-corrected chi connectivity index (χ2v) is 23.5. The van der Waals surface area contributed by atoms with Gasteiger partial charge in [0.2, 0.25) is 11.8 Å². The molecule has 1 aliphatic carbocycles. The van der Waals surface area contributed by atoms with Crippen molar-refractivity contribution in [2.75, 3.05) is 47.8 Å². The van der Waals surface area contributed by atoms with Crippen LogP contribution in [-0.4, -0.2) is 98.8 Å². The number of rotatable bonds is 13. The van der Waals surface area contributed by atoms with E-state index in [1.165, 1.54) is 29.9 Å². The number of anilines is 3. The molecule has 16 heteroatoms. The Hall–Kier alpha value is -7.17. The number of esters is 1. The Balaban J connectivity index is 0.699. The summed E-state index contributed by atoms with van der Waals surface area (Å²) in [4.78, 5) is 69.3. The summed E-state index contributed by atoms with van der Waals surface area (Å²) in [5.41, 5.74) is 8.43. The molecule has 2 N–H and O–H groups in total. The largest absolute Gasteiger partial charge is 0.490 e. The lowest BCUT2D eigenvalue weighted by Crippen LogP contribution is -2.49. The maximum absolute atomic E-state index is 14.1.